The average molecular weight is 327 g/mol. The number of hydrogen-bond acceptors (Lipinski definition) is 3. The highest BCUT2D eigenvalue weighted by Gasteiger charge is 2.25. The third-order valence-corrected chi connectivity index (χ3v) is 2.93. The summed E-state index contributed by atoms with van der Waals surface area (Å²) in [5.41, 5.74) is 0. The fraction of sp³-hybridized carbons (Fsp3) is 0.900. The number of piperazine rings is 1. The first-order chi connectivity index (χ1) is 7.00. The van der Waals surface area contributed by atoms with E-state index in [1.165, 1.54) is 4.90 Å². The van der Waals surface area contributed by atoms with Crippen molar-refractivity contribution < 1.29 is 14.4 Å². The lowest BCUT2D eigenvalue weighted by atomic mass is 10.2. The predicted octanol–water partition coefficient (Wildman–Crippen LogP) is -0.769. The molecule has 0 radical (unpaired) electrons. The van der Waals surface area contributed by atoms with Gasteiger partial charge in [-0.05, 0) is 13.8 Å². The van der Waals surface area contributed by atoms with Gasteiger partial charge >= 0.3 is 5.97 Å². The molecule has 2 N–H and O–H groups in total. The van der Waals surface area contributed by atoms with Crippen molar-refractivity contribution in [2.24, 2.45) is 0 Å². The lowest BCUT2D eigenvalue weighted by molar-refractivity contribution is -0.902. The van der Waals surface area contributed by atoms with Crippen LogP contribution >= 0.6 is 22.6 Å². The zero-order valence-corrected chi connectivity index (χ0v) is 11.6. The van der Waals surface area contributed by atoms with Crippen molar-refractivity contribution in [3.05, 3.63) is 0 Å². The van der Waals surface area contributed by atoms with Crippen LogP contribution in [0.4, 0.5) is 0 Å². The second-order valence-electron chi connectivity index (χ2n) is 4.36. The number of quaternary nitrogens is 1. The van der Waals surface area contributed by atoms with Crippen LogP contribution in [0, 0.1) is 0 Å². The maximum absolute atomic E-state index is 11.5. The molecule has 0 atom stereocenters. The second kappa shape index (κ2) is 6.00. The second-order valence-corrected chi connectivity index (χ2v) is 7.06. The van der Waals surface area contributed by atoms with Crippen LogP contribution in [0.5, 0.6) is 0 Å². The van der Waals surface area contributed by atoms with Crippen molar-refractivity contribution >= 4 is 28.6 Å². The Kier molecular flexibility index (Phi) is 5.28. The summed E-state index contributed by atoms with van der Waals surface area (Å²) in [6, 6.07) is 0. The first-order valence-corrected chi connectivity index (χ1v) is 6.48. The number of nitrogens with one attached hydrogen (secondary N) is 2. The van der Waals surface area contributed by atoms with E-state index in [2.05, 4.69) is 27.9 Å². The van der Waals surface area contributed by atoms with Gasteiger partial charge in [0.15, 0.2) is 0 Å². The molecule has 0 bridgehead atoms. The van der Waals surface area contributed by atoms with E-state index in [0.29, 0.717) is 6.61 Å². The Balaban J connectivity index is 2.12. The van der Waals surface area contributed by atoms with Crippen LogP contribution in [0.3, 0.4) is 0 Å². The predicted molar refractivity (Wildman–Crippen MR) is 67.5 cm³/mol. The van der Waals surface area contributed by atoms with Crippen LogP contribution in [0.25, 0.3) is 0 Å². The van der Waals surface area contributed by atoms with Gasteiger partial charge in [-0.2, -0.15) is 0 Å². The van der Waals surface area contributed by atoms with Gasteiger partial charge in [-0.25, -0.2) is 0 Å². The zero-order valence-electron chi connectivity index (χ0n) is 9.44. The van der Waals surface area contributed by atoms with Crippen molar-refractivity contribution in [1.29, 1.82) is 0 Å². The zero-order chi connectivity index (χ0) is 11.3. The number of carbonyl (C=O) groups is 1. The number of esters is 1. The van der Waals surface area contributed by atoms with Crippen molar-refractivity contribution in [3.8, 4) is 0 Å². The van der Waals surface area contributed by atoms with E-state index in [-0.39, 0.29) is 5.97 Å². The highest BCUT2D eigenvalue weighted by molar-refractivity contribution is 14.1. The quantitative estimate of drug-likeness (QED) is 0.405. The SMILES string of the molecule is CC(C)(I)C(=O)OCC[NH+]1CCNCC1. The maximum Gasteiger partial charge on any atom is 0.321 e. The average Bonchev–Trinajstić information content (AvgIpc) is 2.18. The van der Waals surface area contributed by atoms with Crippen LogP contribution in [-0.2, 0) is 9.53 Å². The summed E-state index contributed by atoms with van der Waals surface area (Å²) in [6.45, 7) is 9.61. The molecule has 15 heavy (non-hydrogen) atoms. The van der Waals surface area contributed by atoms with Crippen LogP contribution in [-0.4, -0.2) is 48.7 Å². The molecule has 0 aromatic heterocycles. The molecule has 0 aromatic rings. The largest absolute Gasteiger partial charge is 0.459 e. The summed E-state index contributed by atoms with van der Waals surface area (Å²) in [7, 11) is 0. The Bertz CT molecular complexity index is 210. The molecular weight excluding hydrogens is 307 g/mol. The number of rotatable bonds is 4. The fourth-order valence-electron chi connectivity index (χ4n) is 1.49. The molecule has 0 spiro atoms. The van der Waals surface area contributed by atoms with Crippen LogP contribution in [0.1, 0.15) is 13.8 Å². The Morgan fingerprint density at radius 3 is 2.60 bits per heavy atom. The fourth-order valence-corrected chi connectivity index (χ4v) is 1.65. The maximum atomic E-state index is 11.5. The Labute approximate surface area is 105 Å². The van der Waals surface area contributed by atoms with Crippen LogP contribution in [0.15, 0.2) is 0 Å². The van der Waals surface area contributed by atoms with Gasteiger partial charge in [0.1, 0.15) is 16.6 Å². The molecule has 1 heterocycles. The summed E-state index contributed by atoms with van der Waals surface area (Å²) >= 11 is 2.11. The molecule has 0 amide bonds. The van der Waals surface area contributed by atoms with Gasteiger partial charge in [0.25, 0.3) is 0 Å². The van der Waals surface area contributed by atoms with Crippen molar-refractivity contribution in [2.45, 2.75) is 17.3 Å². The van der Waals surface area contributed by atoms with Crippen LogP contribution < -0.4 is 10.2 Å². The smallest absolute Gasteiger partial charge is 0.321 e. The molecule has 1 saturated heterocycles. The third kappa shape index (κ3) is 5.12. The Hall–Kier alpha value is 0.120. The molecule has 1 aliphatic rings. The minimum absolute atomic E-state index is 0.113. The first-order valence-electron chi connectivity index (χ1n) is 5.40. The minimum Gasteiger partial charge on any atom is -0.459 e. The van der Waals surface area contributed by atoms with E-state index in [4.69, 9.17) is 4.74 Å². The highest BCUT2D eigenvalue weighted by atomic mass is 127. The third-order valence-electron chi connectivity index (χ3n) is 2.48. The molecule has 88 valence electrons. The number of alkyl halides is 1. The van der Waals surface area contributed by atoms with Gasteiger partial charge in [-0.3, -0.25) is 4.79 Å². The standard InChI is InChI=1S/C10H19IN2O2/c1-10(2,11)9(14)15-8-7-13-5-3-12-4-6-13/h12H,3-8H2,1-2H3/p+1. The summed E-state index contributed by atoms with van der Waals surface area (Å²) < 4.78 is 4.82. The Morgan fingerprint density at radius 2 is 2.07 bits per heavy atom. The Morgan fingerprint density at radius 1 is 1.47 bits per heavy atom. The molecular formula is C10H20IN2O2+. The number of hydrogen-bond donors (Lipinski definition) is 2. The summed E-state index contributed by atoms with van der Waals surface area (Å²) in [4.78, 5) is 13.0. The molecule has 1 rings (SSSR count). The van der Waals surface area contributed by atoms with Gasteiger partial charge in [0, 0.05) is 13.1 Å². The lowest BCUT2D eigenvalue weighted by Crippen LogP contribution is -3.15. The van der Waals surface area contributed by atoms with Crippen LogP contribution in [0.2, 0.25) is 0 Å². The minimum atomic E-state index is -0.406. The van der Waals surface area contributed by atoms with Crippen molar-refractivity contribution in [3.63, 3.8) is 0 Å². The molecule has 0 aromatic carbocycles. The molecule has 4 nitrogen and oxygen atoms in total. The number of ether oxygens (including phenoxy) is 1. The molecule has 5 heteroatoms. The van der Waals surface area contributed by atoms with E-state index in [0.717, 1.165) is 32.7 Å². The number of halogens is 1. The van der Waals surface area contributed by atoms with Crippen molar-refractivity contribution in [1.82, 2.24) is 5.32 Å². The molecule has 0 saturated carbocycles. The van der Waals surface area contributed by atoms with E-state index in [1.54, 1.807) is 0 Å². The lowest BCUT2D eigenvalue weighted by Gasteiger charge is -2.24. The van der Waals surface area contributed by atoms with Gasteiger partial charge in [-0.1, -0.05) is 22.6 Å². The summed E-state index contributed by atoms with van der Waals surface area (Å²) in [5.74, 6) is -0.113. The van der Waals surface area contributed by atoms with Gasteiger partial charge < -0.3 is 15.0 Å². The molecule has 0 unspecified atom stereocenters. The van der Waals surface area contributed by atoms with E-state index >= 15 is 0 Å². The molecule has 0 aliphatic carbocycles. The highest BCUT2D eigenvalue weighted by Crippen LogP contribution is 2.17. The monoisotopic (exact) mass is 327 g/mol. The van der Waals surface area contributed by atoms with Gasteiger partial charge in [0.05, 0.1) is 13.1 Å². The summed E-state index contributed by atoms with van der Waals surface area (Å²) in [5, 5.41) is 3.31. The first kappa shape index (κ1) is 13.2. The normalized spacial score (nSPS) is 18.9. The number of carbonyl (C=O) groups excluding carboxylic acids is 1. The van der Waals surface area contributed by atoms with Gasteiger partial charge in [-0.15, -0.1) is 0 Å². The van der Waals surface area contributed by atoms with E-state index in [1.807, 2.05) is 13.8 Å². The molecule has 1 fully saturated rings. The molecule has 1 aliphatic heterocycles. The van der Waals surface area contributed by atoms with E-state index < -0.39 is 3.42 Å². The summed E-state index contributed by atoms with van der Waals surface area (Å²) in [6.07, 6.45) is 0. The van der Waals surface area contributed by atoms with E-state index in [9.17, 15) is 4.79 Å². The topological polar surface area (TPSA) is 42.8 Å². The van der Waals surface area contributed by atoms with Crippen molar-refractivity contribution in [2.75, 3.05) is 39.3 Å². The van der Waals surface area contributed by atoms with Gasteiger partial charge in [0.2, 0.25) is 0 Å².